The third-order valence-electron chi connectivity index (χ3n) is 3.73. The first kappa shape index (κ1) is 14.8. The Bertz CT molecular complexity index is 540. The largest absolute Gasteiger partial charge is 0.311 e. The van der Waals surface area contributed by atoms with E-state index in [-0.39, 0.29) is 0 Å². The number of likely N-dealkylation sites (N-methyl/N-ethyl adjacent to an activating group) is 1. The third-order valence-corrected chi connectivity index (χ3v) is 3.73. The van der Waals surface area contributed by atoms with Crippen molar-refractivity contribution in [2.45, 2.75) is 46.2 Å². The van der Waals surface area contributed by atoms with Crippen LogP contribution in [0.2, 0.25) is 0 Å². The van der Waals surface area contributed by atoms with E-state index in [2.05, 4.69) is 59.3 Å². The first-order valence-electron chi connectivity index (χ1n) is 7.41. The first-order valence-corrected chi connectivity index (χ1v) is 7.41. The lowest BCUT2D eigenvalue weighted by Gasteiger charge is -2.18. The van der Waals surface area contributed by atoms with E-state index in [1.54, 1.807) is 0 Å². The van der Waals surface area contributed by atoms with E-state index in [1.807, 2.05) is 14.0 Å². The van der Waals surface area contributed by atoms with Crippen LogP contribution in [-0.4, -0.2) is 16.8 Å². The van der Waals surface area contributed by atoms with Crippen molar-refractivity contribution in [3.05, 3.63) is 52.8 Å². The fourth-order valence-electron chi connectivity index (χ4n) is 2.60. The van der Waals surface area contributed by atoms with Gasteiger partial charge in [-0.2, -0.15) is 5.10 Å². The highest BCUT2D eigenvalue weighted by Gasteiger charge is 2.12. The number of aromatic nitrogens is 2. The molecule has 1 atom stereocenters. The maximum atomic E-state index is 4.55. The Hall–Kier alpha value is -1.61. The fraction of sp³-hybridized carbons (Fsp3) is 0.471. The van der Waals surface area contributed by atoms with Crippen LogP contribution in [0.25, 0.3) is 0 Å². The lowest BCUT2D eigenvalue weighted by molar-refractivity contribution is 0.460. The molecule has 0 fully saturated rings. The SMILES string of the molecule is CCCc1ccc(C(Cn2nc(C)cc2C)NC)cc1. The van der Waals surface area contributed by atoms with Gasteiger partial charge >= 0.3 is 0 Å². The molecule has 20 heavy (non-hydrogen) atoms. The molecule has 1 heterocycles. The normalized spacial score (nSPS) is 12.6. The van der Waals surface area contributed by atoms with Gasteiger partial charge in [0.25, 0.3) is 0 Å². The van der Waals surface area contributed by atoms with Gasteiger partial charge in [-0.3, -0.25) is 4.68 Å². The van der Waals surface area contributed by atoms with Crippen LogP contribution in [0.3, 0.4) is 0 Å². The minimum Gasteiger partial charge on any atom is -0.311 e. The van der Waals surface area contributed by atoms with Crippen molar-refractivity contribution in [3.63, 3.8) is 0 Å². The van der Waals surface area contributed by atoms with Crippen molar-refractivity contribution in [2.75, 3.05) is 7.05 Å². The number of aryl methyl sites for hydroxylation is 3. The van der Waals surface area contributed by atoms with Crippen molar-refractivity contribution < 1.29 is 0 Å². The summed E-state index contributed by atoms with van der Waals surface area (Å²) >= 11 is 0. The molecule has 3 heteroatoms. The Kier molecular flexibility index (Phi) is 4.96. The van der Waals surface area contributed by atoms with E-state index >= 15 is 0 Å². The Labute approximate surface area is 122 Å². The lowest BCUT2D eigenvalue weighted by atomic mass is 10.0. The fourth-order valence-corrected chi connectivity index (χ4v) is 2.60. The van der Waals surface area contributed by atoms with Crippen LogP contribution in [0.5, 0.6) is 0 Å². The van der Waals surface area contributed by atoms with Crippen LogP contribution >= 0.6 is 0 Å². The van der Waals surface area contributed by atoms with E-state index in [4.69, 9.17) is 0 Å². The summed E-state index contributed by atoms with van der Waals surface area (Å²) in [5, 5.41) is 7.94. The van der Waals surface area contributed by atoms with Gasteiger partial charge in [-0.15, -0.1) is 0 Å². The highest BCUT2D eigenvalue weighted by molar-refractivity contribution is 5.25. The molecule has 0 bridgehead atoms. The van der Waals surface area contributed by atoms with Crippen molar-refractivity contribution >= 4 is 0 Å². The Morgan fingerprint density at radius 2 is 1.90 bits per heavy atom. The van der Waals surface area contributed by atoms with E-state index in [0.717, 1.165) is 18.7 Å². The van der Waals surface area contributed by atoms with Gasteiger partial charge in [0.1, 0.15) is 0 Å². The van der Waals surface area contributed by atoms with Gasteiger partial charge in [0.05, 0.1) is 18.3 Å². The zero-order chi connectivity index (χ0) is 14.5. The zero-order valence-electron chi connectivity index (χ0n) is 13.0. The molecule has 1 aromatic carbocycles. The minimum absolute atomic E-state index is 0.295. The summed E-state index contributed by atoms with van der Waals surface area (Å²) in [7, 11) is 2.01. The Morgan fingerprint density at radius 3 is 2.40 bits per heavy atom. The lowest BCUT2D eigenvalue weighted by Crippen LogP contribution is -2.23. The molecule has 0 aliphatic carbocycles. The maximum Gasteiger partial charge on any atom is 0.0607 e. The molecule has 1 unspecified atom stereocenters. The minimum atomic E-state index is 0.295. The number of rotatable bonds is 6. The number of hydrogen-bond acceptors (Lipinski definition) is 2. The predicted octanol–water partition coefficient (Wildman–Crippen LogP) is 3.41. The van der Waals surface area contributed by atoms with Crippen LogP contribution in [0.15, 0.2) is 30.3 Å². The predicted molar refractivity (Wildman–Crippen MR) is 83.9 cm³/mol. The summed E-state index contributed by atoms with van der Waals surface area (Å²) in [5.41, 5.74) is 5.03. The van der Waals surface area contributed by atoms with Gasteiger partial charge in [-0.1, -0.05) is 37.6 Å². The highest BCUT2D eigenvalue weighted by Crippen LogP contribution is 2.17. The van der Waals surface area contributed by atoms with Gasteiger partial charge < -0.3 is 5.32 Å². The molecule has 0 spiro atoms. The van der Waals surface area contributed by atoms with Gasteiger partial charge in [-0.25, -0.2) is 0 Å². The molecule has 2 rings (SSSR count). The topological polar surface area (TPSA) is 29.9 Å². The number of nitrogens with zero attached hydrogens (tertiary/aromatic N) is 2. The number of benzene rings is 1. The highest BCUT2D eigenvalue weighted by atomic mass is 15.3. The van der Waals surface area contributed by atoms with E-state index in [9.17, 15) is 0 Å². The zero-order valence-corrected chi connectivity index (χ0v) is 13.0. The Morgan fingerprint density at radius 1 is 1.20 bits per heavy atom. The van der Waals surface area contributed by atoms with E-state index in [1.165, 1.54) is 23.2 Å². The van der Waals surface area contributed by atoms with Crippen LogP contribution in [0.1, 0.15) is 41.9 Å². The van der Waals surface area contributed by atoms with Gasteiger partial charge in [0.15, 0.2) is 0 Å². The van der Waals surface area contributed by atoms with Crippen molar-refractivity contribution in [1.82, 2.24) is 15.1 Å². The molecule has 3 nitrogen and oxygen atoms in total. The summed E-state index contributed by atoms with van der Waals surface area (Å²) in [4.78, 5) is 0. The second-order valence-electron chi connectivity index (χ2n) is 5.44. The molecule has 108 valence electrons. The summed E-state index contributed by atoms with van der Waals surface area (Å²) in [5.74, 6) is 0. The molecular weight excluding hydrogens is 246 g/mol. The summed E-state index contributed by atoms with van der Waals surface area (Å²) in [6.45, 7) is 7.23. The molecule has 0 aliphatic rings. The summed E-state index contributed by atoms with van der Waals surface area (Å²) in [6, 6.07) is 11.4. The maximum absolute atomic E-state index is 4.55. The molecule has 1 aromatic heterocycles. The standard InChI is InChI=1S/C17H25N3/c1-5-6-15-7-9-16(10-8-15)17(18-4)12-20-14(3)11-13(2)19-20/h7-11,17-18H,5-6,12H2,1-4H3. The van der Waals surface area contributed by atoms with E-state index < -0.39 is 0 Å². The Balaban J connectivity index is 2.13. The average Bonchev–Trinajstić information content (AvgIpc) is 2.75. The van der Waals surface area contributed by atoms with Gasteiger partial charge in [0.2, 0.25) is 0 Å². The van der Waals surface area contributed by atoms with Crippen molar-refractivity contribution in [2.24, 2.45) is 0 Å². The molecule has 0 radical (unpaired) electrons. The summed E-state index contributed by atoms with van der Waals surface area (Å²) in [6.07, 6.45) is 2.35. The second kappa shape index (κ2) is 6.71. The van der Waals surface area contributed by atoms with Crippen LogP contribution in [0.4, 0.5) is 0 Å². The third kappa shape index (κ3) is 3.48. The van der Waals surface area contributed by atoms with Gasteiger partial charge in [0, 0.05) is 5.69 Å². The smallest absolute Gasteiger partial charge is 0.0607 e. The van der Waals surface area contributed by atoms with Crippen molar-refractivity contribution in [1.29, 1.82) is 0 Å². The van der Waals surface area contributed by atoms with Gasteiger partial charge in [-0.05, 0) is 44.5 Å². The molecule has 1 N–H and O–H groups in total. The quantitative estimate of drug-likeness (QED) is 0.872. The summed E-state index contributed by atoms with van der Waals surface area (Å²) < 4.78 is 2.08. The molecule has 0 saturated carbocycles. The molecule has 2 aromatic rings. The molecule has 0 amide bonds. The first-order chi connectivity index (χ1) is 9.63. The molecule has 0 aliphatic heterocycles. The second-order valence-corrected chi connectivity index (χ2v) is 5.44. The van der Waals surface area contributed by atoms with Crippen LogP contribution < -0.4 is 5.32 Å². The number of hydrogen-bond donors (Lipinski definition) is 1. The average molecular weight is 271 g/mol. The number of nitrogens with one attached hydrogen (secondary N) is 1. The van der Waals surface area contributed by atoms with Crippen LogP contribution in [-0.2, 0) is 13.0 Å². The monoisotopic (exact) mass is 271 g/mol. The molecule has 0 saturated heterocycles. The van der Waals surface area contributed by atoms with Crippen LogP contribution in [0, 0.1) is 13.8 Å². The van der Waals surface area contributed by atoms with E-state index in [0.29, 0.717) is 6.04 Å². The van der Waals surface area contributed by atoms with Crippen molar-refractivity contribution in [3.8, 4) is 0 Å². The molecular formula is C17H25N3.